The first-order valence-electron chi connectivity index (χ1n) is 13.6. The standard InChI is InChI=1S/C31H30FN5O3/c1-19(21-7-3-2-4-8-21)33-31(40)37-18-22-12-13-23(37)17-36(22)30(39)26-15-20(11-14-27(26)32)16-28-24-9-5-6-10-25(24)29(38)35-34-28/h2-11,14-15,19,22-23H,12-13,16-18H2,1H3,(H,33,40)(H,35,38)/t19-,22?,23?/m0/s1. The number of carbonyl (C=O) groups is 2. The molecule has 3 amide bonds. The van der Waals surface area contributed by atoms with Crippen molar-refractivity contribution in [1.29, 1.82) is 0 Å². The van der Waals surface area contributed by atoms with Gasteiger partial charge in [-0.2, -0.15) is 5.10 Å². The Morgan fingerprint density at radius 3 is 2.38 bits per heavy atom. The van der Waals surface area contributed by atoms with Crippen molar-refractivity contribution in [3.8, 4) is 0 Å². The van der Waals surface area contributed by atoms with Gasteiger partial charge in [-0.25, -0.2) is 14.3 Å². The lowest BCUT2D eigenvalue weighted by Crippen LogP contribution is -2.66. The summed E-state index contributed by atoms with van der Waals surface area (Å²) in [5.74, 6) is -0.952. The monoisotopic (exact) mass is 539 g/mol. The van der Waals surface area contributed by atoms with E-state index in [0.29, 0.717) is 36.2 Å². The average molecular weight is 540 g/mol. The molecule has 204 valence electrons. The van der Waals surface area contributed by atoms with Crippen molar-refractivity contribution in [3.63, 3.8) is 0 Å². The minimum absolute atomic E-state index is 0.00693. The number of aromatic amines is 1. The van der Waals surface area contributed by atoms with Crippen LogP contribution in [0.1, 0.15) is 53.0 Å². The molecule has 2 unspecified atom stereocenters. The fourth-order valence-electron chi connectivity index (χ4n) is 5.92. The van der Waals surface area contributed by atoms with Crippen LogP contribution in [0.25, 0.3) is 10.8 Å². The molecule has 8 nitrogen and oxygen atoms in total. The van der Waals surface area contributed by atoms with Gasteiger partial charge in [0.05, 0.1) is 28.7 Å². The highest BCUT2D eigenvalue weighted by Gasteiger charge is 2.43. The van der Waals surface area contributed by atoms with E-state index >= 15 is 0 Å². The Bertz CT molecular complexity index is 1640. The fraction of sp³-hybridized carbons (Fsp3) is 0.290. The maximum Gasteiger partial charge on any atom is 0.318 e. The number of piperazine rings is 1. The minimum Gasteiger partial charge on any atom is -0.332 e. The summed E-state index contributed by atoms with van der Waals surface area (Å²) in [6.45, 7) is 2.73. The molecular weight excluding hydrogens is 509 g/mol. The zero-order valence-corrected chi connectivity index (χ0v) is 22.1. The van der Waals surface area contributed by atoms with Gasteiger partial charge in [-0.3, -0.25) is 9.59 Å². The number of amides is 3. The van der Waals surface area contributed by atoms with E-state index in [0.717, 1.165) is 23.8 Å². The van der Waals surface area contributed by atoms with Crippen molar-refractivity contribution in [2.45, 2.75) is 44.3 Å². The van der Waals surface area contributed by atoms with Crippen LogP contribution in [-0.2, 0) is 6.42 Å². The lowest BCUT2D eigenvalue weighted by molar-refractivity contribution is 0.00466. The number of urea groups is 1. The van der Waals surface area contributed by atoms with Gasteiger partial charge in [0.15, 0.2) is 0 Å². The number of carbonyl (C=O) groups excluding carboxylic acids is 2. The average Bonchev–Trinajstić information content (AvgIpc) is 2.99. The second kappa shape index (κ2) is 10.6. The van der Waals surface area contributed by atoms with E-state index in [2.05, 4.69) is 15.5 Å². The molecule has 3 atom stereocenters. The summed E-state index contributed by atoms with van der Waals surface area (Å²) in [6.07, 6.45) is 1.90. The molecule has 4 heterocycles. The summed E-state index contributed by atoms with van der Waals surface area (Å²) in [6, 6.07) is 20.9. The smallest absolute Gasteiger partial charge is 0.318 e. The Hall–Kier alpha value is -4.53. The van der Waals surface area contributed by atoms with Crippen molar-refractivity contribution in [2.75, 3.05) is 13.1 Å². The van der Waals surface area contributed by atoms with Crippen LogP contribution >= 0.6 is 0 Å². The third kappa shape index (κ3) is 4.83. The van der Waals surface area contributed by atoms with Gasteiger partial charge in [0.1, 0.15) is 5.82 Å². The van der Waals surface area contributed by atoms with E-state index in [9.17, 15) is 18.8 Å². The molecule has 1 aromatic heterocycles. The zero-order valence-electron chi connectivity index (χ0n) is 22.1. The Morgan fingerprint density at radius 2 is 1.65 bits per heavy atom. The van der Waals surface area contributed by atoms with Crippen molar-refractivity contribution < 1.29 is 14.0 Å². The SMILES string of the molecule is C[C@H](NC(=O)N1CC2CCC1CN2C(=O)c1cc(Cc2n[nH]c(=O)c3ccccc23)ccc1F)c1ccccc1. The molecule has 3 fully saturated rings. The maximum atomic E-state index is 15.0. The molecule has 0 spiro atoms. The van der Waals surface area contributed by atoms with Gasteiger partial charge >= 0.3 is 6.03 Å². The fourth-order valence-corrected chi connectivity index (χ4v) is 5.92. The van der Waals surface area contributed by atoms with Crippen LogP contribution in [0.15, 0.2) is 77.6 Å². The van der Waals surface area contributed by atoms with Crippen molar-refractivity contribution in [2.24, 2.45) is 0 Å². The molecule has 3 saturated heterocycles. The number of piperidine rings is 2. The number of H-pyrrole nitrogens is 1. The third-order valence-electron chi connectivity index (χ3n) is 8.10. The van der Waals surface area contributed by atoms with Crippen molar-refractivity contribution >= 4 is 22.7 Å². The molecule has 0 aliphatic carbocycles. The van der Waals surface area contributed by atoms with E-state index in [1.165, 1.54) is 6.07 Å². The second-order valence-electron chi connectivity index (χ2n) is 10.6. The zero-order chi connectivity index (χ0) is 27.8. The molecule has 0 saturated carbocycles. The first-order chi connectivity index (χ1) is 19.4. The van der Waals surface area contributed by atoms with Gasteiger partial charge in [0, 0.05) is 30.9 Å². The Morgan fingerprint density at radius 1 is 0.975 bits per heavy atom. The minimum atomic E-state index is -0.583. The maximum absolute atomic E-state index is 15.0. The number of rotatable bonds is 5. The van der Waals surface area contributed by atoms with Gasteiger partial charge in [-0.15, -0.1) is 0 Å². The molecule has 2 N–H and O–H groups in total. The molecule has 0 radical (unpaired) electrons. The Balaban J connectivity index is 1.17. The number of aromatic nitrogens is 2. The summed E-state index contributed by atoms with van der Waals surface area (Å²) in [4.78, 5) is 42.4. The number of nitrogens with zero attached hydrogens (tertiary/aromatic N) is 3. The van der Waals surface area contributed by atoms with Crippen molar-refractivity contribution in [3.05, 3.63) is 111 Å². The molecule has 3 aromatic carbocycles. The molecule has 7 rings (SSSR count). The first kappa shape index (κ1) is 25.7. The lowest BCUT2D eigenvalue weighted by atomic mass is 9.90. The lowest BCUT2D eigenvalue weighted by Gasteiger charge is -2.51. The highest BCUT2D eigenvalue weighted by molar-refractivity contribution is 5.95. The number of hydrogen-bond donors (Lipinski definition) is 2. The molecule has 3 aliphatic rings. The summed E-state index contributed by atoms with van der Waals surface area (Å²) in [5.41, 5.74) is 2.12. The van der Waals surface area contributed by atoms with Crippen LogP contribution in [0.5, 0.6) is 0 Å². The van der Waals surface area contributed by atoms with Gasteiger partial charge < -0.3 is 15.1 Å². The van der Waals surface area contributed by atoms with Gasteiger partial charge in [-0.05, 0) is 49.1 Å². The van der Waals surface area contributed by atoms with Crippen molar-refractivity contribution in [1.82, 2.24) is 25.3 Å². The Kier molecular flexibility index (Phi) is 6.79. The van der Waals surface area contributed by atoms with Crippen LogP contribution in [0, 0.1) is 5.82 Å². The number of benzene rings is 3. The number of nitrogens with one attached hydrogen (secondary N) is 2. The molecular formula is C31H30FN5O3. The molecule has 40 heavy (non-hydrogen) atoms. The molecule has 3 aliphatic heterocycles. The molecule has 9 heteroatoms. The highest BCUT2D eigenvalue weighted by atomic mass is 19.1. The quantitative estimate of drug-likeness (QED) is 0.393. The van der Waals surface area contributed by atoms with Gasteiger partial charge in [0.2, 0.25) is 0 Å². The highest BCUT2D eigenvalue weighted by Crippen LogP contribution is 2.31. The van der Waals surface area contributed by atoms with E-state index < -0.39 is 5.82 Å². The summed E-state index contributed by atoms with van der Waals surface area (Å²) < 4.78 is 15.0. The summed E-state index contributed by atoms with van der Waals surface area (Å²) in [7, 11) is 0. The van der Waals surface area contributed by atoms with E-state index in [-0.39, 0.29) is 41.2 Å². The van der Waals surface area contributed by atoms with Crippen LogP contribution < -0.4 is 10.9 Å². The summed E-state index contributed by atoms with van der Waals surface area (Å²) in [5, 5.41) is 11.1. The van der Waals surface area contributed by atoms with Gasteiger partial charge in [-0.1, -0.05) is 54.6 Å². The Labute approximate surface area is 230 Å². The molecule has 2 bridgehead atoms. The number of halogens is 1. The van der Waals surface area contributed by atoms with Gasteiger partial charge in [0.25, 0.3) is 11.5 Å². The van der Waals surface area contributed by atoms with Crippen LogP contribution in [-0.4, -0.2) is 57.1 Å². The third-order valence-corrected chi connectivity index (χ3v) is 8.10. The topological polar surface area (TPSA) is 98.4 Å². The largest absolute Gasteiger partial charge is 0.332 e. The van der Waals surface area contributed by atoms with E-state index in [1.807, 2.05) is 54.3 Å². The predicted molar refractivity (Wildman–Crippen MR) is 150 cm³/mol. The van der Waals surface area contributed by atoms with Crippen LogP contribution in [0.2, 0.25) is 0 Å². The van der Waals surface area contributed by atoms with E-state index in [4.69, 9.17) is 0 Å². The number of fused-ring (bicyclic) bond motifs is 4. The van der Waals surface area contributed by atoms with Crippen LogP contribution in [0.4, 0.5) is 9.18 Å². The normalized spacial score (nSPS) is 19.1. The second-order valence-corrected chi connectivity index (χ2v) is 10.6. The number of hydrogen-bond acceptors (Lipinski definition) is 4. The first-order valence-corrected chi connectivity index (χ1v) is 13.6. The molecule has 4 aromatic rings. The summed E-state index contributed by atoms with van der Waals surface area (Å²) >= 11 is 0. The van der Waals surface area contributed by atoms with E-state index in [1.54, 1.807) is 29.2 Å². The predicted octanol–water partition coefficient (Wildman–Crippen LogP) is 4.41. The van der Waals surface area contributed by atoms with Crippen LogP contribution in [0.3, 0.4) is 0 Å².